The maximum absolute atomic E-state index is 12.0. The van der Waals surface area contributed by atoms with Crippen LogP contribution in [0, 0.1) is 11.8 Å². The second-order valence-electron chi connectivity index (χ2n) is 5.56. The fraction of sp³-hybridized carbons (Fsp3) is 0.769. The fourth-order valence-electron chi connectivity index (χ4n) is 1.93. The van der Waals surface area contributed by atoms with Gasteiger partial charge in [0.1, 0.15) is 0 Å². The van der Waals surface area contributed by atoms with Gasteiger partial charge in [0.05, 0.1) is 0 Å². The highest BCUT2D eigenvalue weighted by Crippen LogP contribution is 2.19. The summed E-state index contributed by atoms with van der Waals surface area (Å²) in [7, 11) is 0. The van der Waals surface area contributed by atoms with Gasteiger partial charge in [0.2, 0.25) is 11.8 Å². The first-order valence-electron chi connectivity index (χ1n) is 7.18. The standard InChI is InChI=1S/C13H20F3N3O4/c1-8(2)10(20)17-18-11(21)9-3-5-19(6-4-9)12(22)23-7-13(14,15)16/h8-9H,3-7H2,1-2H3,(H,17,20)(H,18,21). The van der Waals surface area contributed by atoms with E-state index >= 15 is 0 Å². The average Bonchev–Trinajstić information content (AvgIpc) is 2.49. The van der Waals surface area contributed by atoms with Crippen molar-refractivity contribution in [2.24, 2.45) is 11.8 Å². The van der Waals surface area contributed by atoms with Crippen LogP contribution in [0.25, 0.3) is 0 Å². The number of hydrogen-bond donors (Lipinski definition) is 2. The van der Waals surface area contributed by atoms with Gasteiger partial charge in [-0.15, -0.1) is 0 Å². The molecule has 0 radical (unpaired) electrons. The minimum absolute atomic E-state index is 0.118. The zero-order valence-electron chi connectivity index (χ0n) is 12.9. The van der Waals surface area contributed by atoms with Gasteiger partial charge in [-0.25, -0.2) is 4.79 Å². The third kappa shape index (κ3) is 6.74. The maximum atomic E-state index is 12.0. The highest BCUT2D eigenvalue weighted by molar-refractivity contribution is 5.84. The Morgan fingerprint density at radius 3 is 2.22 bits per heavy atom. The van der Waals surface area contributed by atoms with Crippen molar-refractivity contribution in [3.05, 3.63) is 0 Å². The Morgan fingerprint density at radius 1 is 1.17 bits per heavy atom. The number of hydrogen-bond acceptors (Lipinski definition) is 4. The molecule has 0 aromatic carbocycles. The first kappa shape index (κ1) is 19.0. The van der Waals surface area contributed by atoms with Gasteiger partial charge in [0.15, 0.2) is 6.61 Å². The zero-order valence-corrected chi connectivity index (χ0v) is 12.9. The lowest BCUT2D eigenvalue weighted by atomic mass is 9.96. The van der Waals surface area contributed by atoms with Crippen molar-refractivity contribution >= 4 is 17.9 Å². The molecule has 0 bridgehead atoms. The highest BCUT2D eigenvalue weighted by Gasteiger charge is 2.33. The summed E-state index contributed by atoms with van der Waals surface area (Å²) in [5, 5.41) is 0. The fourth-order valence-corrected chi connectivity index (χ4v) is 1.93. The number of ether oxygens (including phenoxy) is 1. The molecule has 132 valence electrons. The molecule has 0 spiro atoms. The maximum Gasteiger partial charge on any atom is 0.422 e. The molecule has 1 aliphatic rings. The minimum atomic E-state index is -4.57. The topological polar surface area (TPSA) is 87.7 Å². The second kappa shape index (κ2) is 8.02. The third-order valence-corrected chi connectivity index (χ3v) is 3.32. The van der Waals surface area contributed by atoms with E-state index in [4.69, 9.17) is 0 Å². The number of nitrogens with one attached hydrogen (secondary N) is 2. The molecule has 0 aliphatic carbocycles. The molecule has 3 amide bonds. The molecule has 0 saturated carbocycles. The average molecular weight is 339 g/mol. The van der Waals surface area contributed by atoms with Crippen LogP contribution in [-0.4, -0.2) is 48.7 Å². The van der Waals surface area contributed by atoms with Gasteiger partial charge in [0.25, 0.3) is 0 Å². The third-order valence-electron chi connectivity index (χ3n) is 3.32. The molecule has 2 N–H and O–H groups in total. The molecular formula is C13H20F3N3O4. The van der Waals surface area contributed by atoms with Gasteiger partial charge >= 0.3 is 12.3 Å². The summed E-state index contributed by atoms with van der Waals surface area (Å²) in [5.74, 6) is -1.41. The number of halogens is 3. The molecule has 1 rings (SSSR count). The van der Waals surface area contributed by atoms with E-state index in [-0.39, 0.29) is 43.7 Å². The lowest BCUT2D eigenvalue weighted by Crippen LogP contribution is -2.49. The van der Waals surface area contributed by atoms with E-state index in [0.29, 0.717) is 0 Å². The normalized spacial score (nSPS) is 16.2. The minimum Gasteiger partial charge on any atom is -0.440 e. The molecule has 23 heavy (non-hydrogen) atoms. The van der Waals surface area contributed by atoms with E-state index in [0.717, 1.165) is 4.90 Å². The molecular weight excluding hydrogens is 319 g/mol. The first-order valence-corrected chi connectivity index (χ1v) is 7.18. The van der Waals surface area contributed by atoms with Gasteiger partial charge in [-0.2, -0.15) is 13.2 Å². The van der Waals surface area contributed by atoms with Crippen molar-refractivity contribution in [2.45, 2.75) is 32.9 Å². The number of alkyl halides is 3. The summed E-state index contributed by atoms with van der Waals surface area (Å²) in [5.41, 5.74) is 4.58. The summed E-state index contributed by atoms with van der Waals surface area (Å²) in [6.45, 7) is 1.95. The van der Waals surface area contributed by atoms with E-state index in [1.54, 1.807) is 13.8 Å². The SMILES string of the molecule is CC(C)C(=O)NNC(=O)C1CCN(C(=O)OCC(F)(F)F)CC1. The number of nitrogens with zero attached hydrogens (tertiary/aromatic N) is 1. The molecule has 0 atom stereocenters. The van der Waals surface area contributed by atoms with Crippen molar-refractivity contribution in [2.75, 3.05) is 19.7 Å². The van der Waals surface area contributed by atoms with Crippen LogP contribution in [0.2, 0.25) is 0 Å². The largest absolute Gasteiger partial charge is 0.440 e. The Bertz CT molecular complexity index is 446. The van der Waals surface area contributed by atoms with E-state index in [1.165, 1.54) is 0 Å². The Balaban J connectivity index is 2.33. The number of rotatable bonds is 3. The van der Waals surface area contributed by atoms with Crippen LogP contribution in [0.15, 0.2) is 0 Å². The van der Waals surface area contributed by atoms with E-state index in [2.05, 4.69) is 15.6 Å². The number of carbonyl (C=O) groups is 3. The molecule has 1 aliphatic heterocycles. The summed E-state index contributed by atoms with van der Waals surface area (Å²) in [4.78, 5) is 35.8. The van der Waals surface area contributed by atoms with Gasteiger partial charge in [-0.1, -0.05) is 13.8 Å². The molecule has 1 saturated heterocycles. The highest BCUT2D eigenvalue weighted by atomic mass is 19.4. The number of amides is 3. The number of piperidine rings is 1. The summed E-state index contributed by atoms with van der Waals surface area (Å²) in [6, 6.07) is 0. The van der Waals surface area contributed by atoms with E-state index < -0.39 is 24.8 Å². The van der Waals surface area contributed by atoms with Crippen LogP contribution >= 0.6 is 0 Å². The molecule has 0 aromatic rings. The summed E-state index contributed by atoms with van der Waals surface area (Å²) in [6.07, 6.45) is -5.05. The van der Waals surface area contributed by atoms with Crippen LogP contribution in [0.5, 0.6) is 0 Å². The molecule has 10 heteroatoms. The molecule has 1 fully saturated rings. The van der Waals surface area contributed by atoms with Gasteiger partial charge in [-0.05, 0) is 12.8 Å². The lowest BCUT2D eigenvalue weighted by Gasteiger charge is -2.30. The van der Waals surface area contributed by atoms with Crippen molar-refractivity contribution in [1.82, 2.24) is 15.8 Å². The van der Waals surface area contributed by atoms with Crippen molar-refractivity contribution < 1.29 is 32.3 Å². The number of carbonyl (C=O) groups excluding carboxylic acids is 3. The quantitative estimate of drug-likeness (QED) is 0.757. The van der Waals surface area contributed by atoms with Crippen molar-refractivity contribution in [1.29, 1.82) is 0 Å². The van der Waals surface area contributed by atoms with Crippen LogP contribution in [0.1, 0.15) is 26.7 Å². The molecule has 0 unspecified atom stereocenters. The van der Waals surface area contributed by atoms with Crippen LogP contribution in [0.3, 0.4) is 0 Å². The lowest BCUT2D eigenvalue weighted by molar-refractivity contribution is -0.162. The van der Waals surface area contributed by atoms with Gasteiger partial charge in [-0.3, -0.25) is 20.4 Å². The van der Waals surface area contributed by atoms with Crippen LogP contribution in [-0.2, 0) is 14.3 Å². The smallest absolute Gasteiger partial charge is 0.422 e. The van der Waals surface area contributed by atoms with Crippen molar-refractivity contribution in [3.63, 3.8) is 0 Å². The van der Waals surface area contributed by atoms with Gasteiger partial charge in [0, 0.05) is 24.9 Å². The Hall–Kier alpha value is -2.00. The second-order valence-corrected chi connectivity index (χ2v) is 5.56. The zero-order chi connectivity index (χ0) is 17.6. The predicted octanol–water partition coefficient (Wildman–Crippen LogP) is 1.20. The first-order chi connectivity index (χ1) is 10.6. The monoisotopic (exact) mass is 339 g/mol. The number of hydrazine groups is 1. The summed E-state index contributed by atoms with van der Waals surface area (Å²) >= 11 is 0. The predicted molar refractivity (Wildman–Crippen MR) is 72.8 cm³/mol. The van der Waals surface area contributed by atoms with Crippen LogP contribution in [0.4, 0.5) is 18.0 Å². The van der Waals surface area contributed by atoms with Crippen LogP contribution < -0.4 is 10.9 Å². The van der Waals surface area contributed by atoms with E-state index in [1.807, 2.05) is 0 Å². The molecule has 1 heterocycles. The van der Waals surface area contributed by atoms with Crippen molar-refractivity contribution in [3.8, 4) is 0 Å². The Morgan fingerprint density at radius 2 is 1.74 bits per heavy atom. The van der Waals surface area contributed by atoms with E-state index in [9.17, 15) is 27.6 Å². The Labute approximate surface area is 131 Å². The number of likely N-dealkylation sites (tertiary alicyclic amines) is 1. The summed E-state index contributed by atoms with van der Waals surface area (Å²) < 4.78 is 40.1. The molecule has 0 aromatic heterocycles. The Kier molecular flexibility index (Phi) is 6.64. The molecule has 7 nitrogen and oxygen atoms in total. The van der Waals surface area contributed by atoms with Gasteiger partial charge < -0.3 is 9.64 Å².